The van der Waals surface area contributed by atoms with Crippen LogP contribution in [0.1, 0.15) is 44.1 Å². The predicted molar refractivity (Wildman–Crippen MR) is 76.2 cm³/mol. The molecule has 1 aliphatic carbocycles. The zero-order chi connectivity index (χ0) is 13.3. The Morgan fingerprint density at radius 1 is 1.39 bits per heavy atom. The van der Waals surface area contributed by atoms with Gasteiger partial charge in [0.25, 0.3) is 0 Å². The van der Waals surface area contributed by atoms with Crippen molar-refractivity contribution in [1.29, 1.82) is 0 Å². The number of hydrogen-bond acceptors (Lipinski definition) is 2. The standard InChI is InChI=1S/C14H24ClN3/c1-9(2)7-16-8-12-5-6-13(12)18-11(4)14(15)10(3)17-18/h9,12-13,16H,5-8H2,1-4H3. The minimum Gasteiger partial charge on any atom is -0.316 e. The van der Waals surface area contributed by atoms with Crippen LogP contribution >= 0.6 is 11.6 Å². The van der Waals surface area contributed by atoms with E-state index in [-0.39, 0.29) is 0 Å². The summed E-state index contributed by atoms with van der Waals surface area (Å²) >= 11 is 6.22. The third kappa shape index (κ3) is 2.72. The van der Waals surface area contributed by atoms with E-state index < -0.39 is 0 Å². The molecule has 0 bridgehead atoms. The monoisotopic (exact) mass is 269 g/mol. The molecule has 3 nitrogen and oxygen atoms in total. The lowest BCUT2D eigenvalue weighted by Gasteiger charge is -2.37. The van der Waals surface area contributed by atoms with Crippen molar-refractivity contribution in [3.63, 3.8) is 0 Å². The number of hydrogen-bond donors (Lipinski definition) is 1. The molecule has 1 fully saturated rings. The summed E-state index contributed by atoms with van der Waals surface area (Å²) < 4.78 is 2.14. The van der Waals surface area contributed by atoms with Crippen LogP contribution in [-0.4, -0.2) is 22.9 Å². The first kappa shape index (κ1) is 13.9. The van der Waals surface area contributed by atoms with Crippen molar-refractivity contribution >= 4 is 11.6 Å². The SMILES string of the molecule is Cc1nn(C2CCC2CNCC(C)C)c(C)c1Cl. The van der Waals surface area contributed by atoms with Crippen LogP contribution in [0, 0.1) is 25.7 Å². The first-order valence-corrected chi connectivity index (χ1v) is 7.30. The Morgan fingerprint density at radius 2 is 2.11 bits per heavy atom. The van der Waals surface area contributed by atoms with Crippen molar-refractivity contribution in [2.24, 2.45) is 11.8 Å². The molecule has 2 atom stereocenters. The zero-order valence-corrected chi connectivity index (χ0v) is 12.6. The maximum Gasteiger partial charge on any atom is 0.0844 e. The third-order valence-electron chi connectivity index (χ3n) is 3.89. The molecular formula is C14H24ClN3. The molecule has 1 aromatic heterocycles. The fourth-order valence-corrected chi connectivity index (χ4v) is 2.76. The molecule has 0 radical (unpaired) electrons. The molecule has 1 saturated carbocycles. The summed E-state index contributed by atoms with van der Waals surface area (Å²) in [6.07, 6.45) is 2.53. The lowest BCUT2D eigenvalue weighted by atomic mass is 9.79. The highest BCUT2D eigenvalue weighted by molar-refractivity contribution is 6.31. The van der Waals surface area contributed by atoms with Gasteiger partial charge in [0.15, 0.2) is 0 Å². The van der Waals surface area contributed by atoms with Crippen LogP contribution in [0.4, 0.5) is 0 Å². The van der Waals surface area contributed by atoms with Gasteiger partial charge in [0.05, 0.1) is 22.5 Å². The number of rotatable bonds is 5. The molecule has 1 aliphatic rings. The molecule has 2 rings (SSSR count). The molecule has 18 heavy (non-hydrogen) atoms. The van der Waals surface area contributed by atoms with E-state index in [4.69, 9.17) is 11.6 Å². The smallest absolute Gasteiger partial charge is 0.0844 e. The Balaban J connectivity index is 1.95. The predicted octanol–water partition coefficient (Wildman–Crippen LogP) is 3.35. The minimum atomic E-state index is 0.538. The first-order valence-electron chi connectivity index (χ1n) is 6.92. The fourth-order valence-electron chi connectivity index (χ4n) is 2.63. The Kier molecular flexibility index (Phi) is 4.33. The lowest BCUT2D eigenvalue weighted by Crippen LogP contribution is -2.38. The van der Waals surface area contributed by atoms with E-state index in [2.05, 4.69) is 35.9 Å². The van der Waals surface area contributed by atoms with Crippen molar-refractivity contribution in [1.82, 2.24) is 15.1 Å². The lowest BCUT2D eigenvalue weighted by molar-refractivity contribution is 0.159. The van der Waals surface area contributed by atoms with Crippen molar-refractivity contribution < 1.29 is 0 Å². The van der Waals surface area contributed by atoms with Gasteiger partial charge in [-0.2, -0.15) is 5.10 Å². The molecular weight excluding hydrogens is 246 g/mol. The normalized spacial score (nSPS) is 23.4. The molecule has 4 heteroatoms. The highest BCUT2D eigenvalue weighted by atomic mass is 35.5. The highest BCUT2D eigenvalue weighted by Gasteiger charge is 2.34. The van der Waals surface area contributed by atoms with E-state index in [1.54, 1.807) is 0 Å². The maximum absolute atomic E-state index is 6.22. The molecule has 0 aliphatic heterocycles. The number of halogens is 1. The van der Waals surface area contributed by atoms with Gasteiger partial charge in [-0.05, 0) is 45.1 Å². The molecule has 102 valence electrons. The summed E-state index contributed by atoms with van der Waals surface area (Å²) in [5, 5.41) is 8.96. The summed E-state index contributed by atoms with van der Waals surface area (Å²) in [6, 6.07) is 0.538. The fraction of sp³-hybridized carbons (Fsp3) is 0.786. The molecule has 0 saturated heterocycles. The molecule has 1 heterocycles. The van der Waals surface area contributed by atoms with Gasteiger partial charge in [-0.25, -0.2) is 0 Å². The van der Waals surface area contributed by atoms with E-state index in [9.17, 15) is 0 Å². The van der Waals surface area contributed by atoms with Gasteiger partial charge in [-0.1, -0.05) is 25.4 Å². The van der Waals surface area contributed by atoms with E-state index in [0.29, 0.717) is 17.9 Å². The van der Waals surface area contributed by atoms with Gasteiger partial charge in [-0.15, -0.1) is 0 Å². The second kappa shape index (κ2) is 5.62. The van der Waals surface area contributed by atoms with Crippen molar-refractivity contribution in [2.45, 2.75) is 46.6 Å². The Hall–Kier alpha value is -0.540. The number of aromatic nitrogens is 2. The molecule has 1 aromatic rings. The highest BCUT2D eigenvalue weighted by Crippen LogP contribution is 2.39. The van der Waals surface area contributed by atoms with Gasteiger partial charge in [0, 0.05) is 6.54 Å². The van der Waals surface area contributed by atoms with Gasteiger partial charge in [-0.3, -0.25) is 4.68 Å². The second-order valence-corrected chi connectivity index (χ2v) is 6.26. The minimum absolute atomic E-state index is 0.538. The van der Waals surface area contributed by atoms with Crippen LogP contribution in [0.25, 0.3) is 0 Å². The molecule has 2 unspecified atom stereocenters. The topological polar surface area (TPSA) is 29.9 Å². The molecule has 0 amide bonds. The summed E-state index contributed by atoms with van der Waals surface area (Å²) in [5.74, 6) is 1.42. The molecule has 1 N–H and O–H groups in total. The second-order valence-electron chi connectivity index (χ2n) is 5.89. The van der Waals surface area contributed by atoms with Gasteiger partial charge in [0.2, 0.25) is 0 Å². The van der Waals surface area contributed by atoms with Crippen molar-refractivity contribution in [3.05, 3.63) is 16.4 Å². The maximum atomic E-state index is 6.22. The van der Waals surface area contributed by atoms with E-state index in [1.807, 2.05) is 6.92 Å². The Labute approximate surface area is 115 Å². The molecule has 0 aromatic carbocycles. The summed E-state index contributed by atoms with van der Waals surface area (Å²) in [6.45, 7) is 10.7. The average Bonchev–Trinajstić information content (AvgIpc) is 2.51. The summed E-state index contributed by atoms with van der Waals surface area (Å²) in [4.78, 5) is 0. The summed E-state index contributed by atoms with van der Waals surface area (Å²) in [7, 11) is 0. The van der Waals surface area contributed by atoms with Crippen LogP contribution in [0.3, 0.4) is 0 Å². The molecule has 0 spiro atoms. The first-order chi connectivity index (χ1) is 8.50. The number of aryl methyl sites for hydroxylation is 1. The van der Waals surface area contributed by atoms with Crippen molar-refractivity contribution in [2.75, 3.05) is 13.1 Å². The van der Waals surface area contributed by atoms with Crippen LogP contribution < -0.4 is 5.32 Å². The van der Waals surface area contributed by atoms with Crippen molar-refractivity contribution in [3.8, 4) is 0 Å². The van der Waals surface area contributed by atoms with Gasteiger partial charge >= 0.3 is 0 Å². The van der Waals surface area contributed by atoms with E-state index in [0.717, 1.165) is 29.5 Å². The average molecular weight is 270 g/mol. The van der Waals surface area contributed by atoms with E-state index in [1.165, 1.54) is 12.8 Å². The number of nitrogens with one attached hydrogen (secondary N) is 1. The van der Waals surface area contributed by atoms with Crippen LogP contribution in [-0.2, 0) is 0 Å². The Morgan fingerprint density at radius 3 is 2.56 bits per heavy atom. The van der Waals surface area contributed by atoms with Gasteiger partial charge < -0.3 is 5.32 Å². The Bertz CT molecular complexity index is 411. The van der Waals surface area contributed by atoms with E-state index >= 15 is 0 Å². The van der Waals surface area contributed by atoms with Crippen LogP contribution in [0.2, 0.25) is 5.02 Å². The quantitative estimate of drug-likeness (QED) is 0.888. The zero-order valence-electron chi connectivity index (χ0n) is 11.8. The third-order valence-corrected chi connectivity index (χ3v) is 4.43. The largest absolute Gasteiger partial charge is 0.316 e. The van der Waals surface area contributed by atoms with Crippen LogP contribution in [0.15, 0.2) is 0 Å². The van der Waals surface area contributed by atoms with Gasteiger partial charge in [0.1, 0.15) is 0 Å². The summed E-state index contributed by atoms with van der Waals surface area (Å²) in [5.41, 5.74) is 2.07. The van der Waals surface area contributed by atoms with Crippen LogP contribution in [0.5, 0.6) is 0 Å². The number of nitrogens with zero attached hydrogens (tertiary/aromatic N) is 2.